The third-order valence-electron chi connectivity index (χ3n) is 3.46. The van der Waals surface area contributed by atoms with Crippen molar-refractivity contribution >= 4 is 17.4 Å². The summed E-state index contributed by atoms with van der Waals surface area (Å²) < 4.78 is 15.3. The van der Waals surface area contributed by atoms with Gasteiger partial charge in [-0.1, -0.05) is 0 Å². The molecule has 0 bridgehead atoms. The molecule has 0 aliphatic heterocycles. The van der Waals surface area contributed by atoms with Gasteiger partial charge in [0.1, 0.15) is 11.5 Å². The number of hydrogen-bond acceptors (Lipinski definition) is 7. The van der Waals surface area contributed by atoms with Crippen LogP contribution in [0.4, 0.5) is 5.69 Å². The minimum absolute atomic E-state index is 0.0846. The Morgan fingerprint density at radius 3 is 2.15 bits per heavy atom. The third-order valence-corrected chi connectivity index (χ3v) is 3.46. The van der Waals surface area contributed by atoms with Gasteiger partial charge in [0.05, 0.1) is 12.0 Å². The second-order valence-corrected chi connectivity index (χ2v) is 5.26. The average molecular weight is 359 g/mol. The van der Waals surface area contributed by atoms with Crippen LogP contribution in [0.2, 0.25) is 0 Å². The average Bonchev–Trinajstić information content (AvgIpc) is 2.66. The van der Waals surface area contributed by atoms with Crippen LogP contribution in [-0.2, 0) is 9.53 Å². The minimum atomic E-state index is -0.976. The van der Waals surface area contributed by atoms with Gasteiger partial charge in [-0.05, 0) is 43.3 Å². The summed E-state index contributed by atoms with van der Waals surface area (Å²) in [5.74, 6) is -0.182. The lowest BCUT2D eigenvalue weighted by atomic mass is 10.1. The van der Waals surface area contributed by atoms with E-state index in [1.54, 1.807) is 24.3 Å². The Morgan fingerprint density at radius 1 is 1.04 bits per heavy atom. The van der Waals surface area contributed by atoms with Crippen molar-refractivity contribution in [2.24, 2.45) is 0 Å². The topological polar surface area (TPSA) is 105 Å². The summed E-state index contributed by atoms with van der Waals surface area (Å²) in [6.45, 7) is 1.05. The van der Waals surface area contributed by atoms with Gasteiger partial charge >= 0.3 is 5.97 Å². The van der Waals surface area contributed by atoms with Crippen molar-refractivity contribution in [1.82, 2.24) is 0 Å². The van der Waals surface area contributed by atoms with Gasteiger partial charge in [-0.15, -0.1) is 0 Å². The third kappa shape index (κ3) is 5.04. The second kappa shape index (κ2) is 8.61. The van der Waals surface area contributed by atoms with E-state index < -0.39 is 23.6 Å². The standard InChI is InChI=1S/C18H17NO7/c1-12(18(21)13-3-7-15(24-2)8-4-13)26-17(20)11-25-16-9-5-14(6-10-16)19(22)23/h3-10,12H,11H2,1-2H3/t12-/m0/s1. The van der Waals surface area contributed by atoms with Crippen molar-refractivity contribution in [1.29, 1.82) is 0 Å². The Kier molecular flexibility index (Phi) is 6.26. The number of nitro groups is 1. The van der Waals surface area contributed by atoms with Gasteiger partial charge in [0.2, 0.25) is 5.78 Å². The quantitative estimate of drug-likeness (QED) is 0.309. The first-order chi connectivity index (χ1) is 12.4. The molecule has 136 valence electrons. The van der Waals surface area contributed by atoms with E-state index in [0.29, 0.717) is 11.3 Å². The molecule has 0 spiro atoms. The molecule has 8 heteroatoms. The number of nitro benzene ring substituents is 1. The summed E-state index contributed by atoms with van der Waals surface area (Å²) in [6.07, 6.45) is -0.976. The lowest BCUT2D eigenvalue weighted by molar-refractivity contribution is -0.384. The maximum absolute atomic E-state index is 12.2. The predicted octanol–water partition coefficient (Wildman–Crippen LogP) is 2.80. The number of Topliss-reactive ketones (excluding diaryl/α,β-unsaturated/α-hetero) is 1. The van der Waals surface area contributed by atoms with Crippen molar-refractivity contribution in [3.8, 4) is 11.5 Å². The van der Waals surface area contributed by atoms with Crippen molar-refractivity contribution < 1.29 is 28.7 Å². The van der Waals surface area contributed by atoms with E-state index in [2.05, 4.69) is 0 Å². The van der Waals surface area contributed by atoms with Crippen molar-refractivity contribution in [3.05, 3.63) is 64.2 Å². The molecule has 0 unspecified atom stereocenters. The first-order valence-corrected chi connectivity index (χ1v) is 7.65. The predicted molar refractivity (Wildman–Crippen MR) is 91.5 cm³/mol. The molecular formula is C18H17NO7. The summed E-state index contributed by atoms with van der Waals surface area (Å²) in [5, 5.41) is 10.6. The number of rotatable bonds is 8. The van der Waals surface area contributed by atoms with E-state index in [0.717, 1.165) is 0 Å². The number of non-ortho nitro benzene ring substituents is 1. The van der Waals surface area contributed by atoms with Crippen molar-refractivity contribution in [2.45, 2.75) is 13.0 Å². The molecule has 8 nitrogen and oxygen atoms in total. The van der Waals surface area contributed by atoms with Crippen molar-refractivity contribution in [2.75, 3.05) is 13.7 Å². The zero-order valence-electron chi connectivity index (χ0n) is 14.2. The fourth-order valence-corrected chi connectivity index (χ4v) is 2.08. The highest BCUT2D eigenvalue weighted by Gasteiger charge is 2.20. The summed E-state index contributed by atoms with van der Waals surface area (Å²) >= 11 is 0. The van der Waals surface area contributed by atoms with E-state index >= 15 is 0 Å². The molecule has 0 saturated heterocycles. The molecule has 0 saturated carbocycles. The first kappa shape index (κ1) is 18.9. The first-order valence-electron chi connectivity index (χ1n) is 7.65. The molecule has 0 aromatic heterocycles. The number of nitrogens with zero attached hydrogens (tertiary/aromatic N) is 1. The maximum Gasteiger partial charge on any atom is 0.344 e. The molecular weight excluding hydrogens is 342 g/mol. The largest absolute Gasteiger partial charge is 0.497 e. The smallest absolute Gasteiger partial charge is 0.344 e. The zero-order chi connectivity index (χ0) is 19.1. The van der Waals surface area contributed by atoms with Gasteiger partial charge in [-0.2, -0.15) is 0 Å². The molecule has 0 N–H and O–H groups in total. The van der Waals surface area contributed by atoms with Crippen LogP contribution in [-0.4, -0.2) is 36.5 Å². The number of hydrogen-bond donors (Lipinski definition) is 0. The van der Waals surface area contributed by atoms with Crippen LogP contribution in [0.3, 0.4) is 0 Å². The van der Waals surface area contributed by atoms with E-state index in [1.165, 1.54) is 38.3 Å². The Balaban J connectivity index is 1.85. The van der Waals surface area contributed by atoms with Gasteiger partial charge < -0.3 is 14.2 Å². The van der Waals surface area contributed by atoms with E-state index in [1.807, 2.05) is 0 Å². The van der Waals surface area contributed by atoms with Crippen LogP contribution < -0.4 is 9.47 Å². The summed E-state index contributed by atoms with van der Waals surface area (Å²) in [7, 11) is 1.52. The monoisotopic (exact) mass is 359 g/mol. The van der Waals surface area contributed by atoms with Crippen LogP contribution in [0.25, 0.3) is 0 Å². The summed E-state index contributed by atoms with van der Waals surface area (Å²) in [4.78, 5) is 34.1. The molecule has 2 aromatic carbocycles. The van der Waals surface area contributed by atoms with E-state index in [-0.39, 0.29) is 17.2 Å². The lowest BCUT2D eigenvalue weighted by Gasteiger charge is -2.13. The summed E-state index contributed by atoms with van der Waals surface area (Å²) in [5.41, 5.74) is 0.307. The molecule has 0 radical (unpaired) electrons. The normalized spacial score (nSPS) is 11.3. The number of ketones is 1. The van der Waals surface area contributed by atoms with Crippen molar-refractivity contribution in [3.63, 3.8) is 0 Å². The highest BCUT2D eigenvalue weighted by atomic mass is 16.6. The SMILES string of the molecule is COc1ccc(C(=O)[C@H](C)OC(=O)COc2ccc([N+](=O)[O-])cc2)cc1. The van der Waals surface area contributed by atoms with Crippen LogP contribution in [0.5, 0.6) is 11.5 Å². The lowest BCUT2D eigenvalue weighted by Crippen LogP contribution is -2.27. The molecule has 26 heavy (non-hydrogen) atoms. The zero-order valence-corrected chi connectivity index (χ0v) is 14.2. The summed E-state index contributed by atoms with van der Waals surface area (Å²) in [6, 6.07) is 11.7. The van der Waals surface area contributed by atoms with E-state index in [4.69, 9.17) is 14.2 Å². The molecule has 1 atom stereocenters. The number of benzene rings is 2. The molecule has 0 aliphatic rings. The molecule has 0 heterocycles. The fraction of sp³-hybridized carbons (Fsp3) is 0.222. The molecule has 0 amide bonds. The molecule has 0 fully saturated rings. The highest BCUT2D eigenvalue weighted by molar-refractivity contribution is 6.00. The fourth-order valence-electron chi connectivity index (χ4n) is 2.08. The Hall–Kier alpha value is -3.42. The highest BCUT2D eigenvalue weighted by Crippen LogP contribution is 2.17. The number of ether oxygens (including phenoxy) is 3. The molecule has 2 aromatic rings. The van der Waals surface area contributed by atoms with Gasteiger partial charge in [0, 0.05) is 17.7 Å². The number of carbonyl (C=O) groups excluding carboxylic acids is 2. The van der Waals surface area contributed by atoms with Gasteiger partial charge in [0.25, 0.3) is 5.69 Å². The van der Waals surface area contributed by atoms with Gasteiger partial charge in [-0.3, -0.25) is 14.9 Å². The van der Waals surface area contributed by atoms with Crippen LogP contribution in [0.15, 0.2) is 48.5 Å². The number of esters is 1. The van der Waals surface area contributed by atoms with Gasteiger partial charge in [-0.25, -0.2) is 4.79 Å². The van der Waals surface area contributed by atoms with Crippen LogP contribution >= 0.6 is 0 Å². The van der Waals surface area contributed by atoms with Crippen LogP contribution in [0, 0.1) is 10.1 Å². The second-order valence-electron chi connectivity index (χ2n) is 5.26. The molecule has 2 rings (SSSR count). The Bertz CT molecular complexity index is 784. The van der Waals surface area contributed by atoms with Crippen LogP contribution in [0.1, 0.15) is 17.3 Å². The minimum Gasteiger partial charge on any atom is -0.497 e. The number of methoxy groups -OCH3 is 1. The maximum atomic E-state index is 12.2. The van der Waals surface area contributed by atoms with E-state index in [9.17, 15) is 19.7 Å². The number of carbonyl (C=O) groups is 2. The van der Waals surface area contributed by atoms with Gasteiger partial charge in [0.15, 0.2) is 12.7 Å². The Morgan fingerprint density at radius 2 is 1.62 bits per heavy atom. The Labute approximate surface area is 149 Å². The molecule has 0 aliphatic carbocycles.